The second-order valence-corrected chi connectivity index (χ2v) is 10.5. The van der Waals surface area contributed by atoms with Gasteiger partial charge in [0.05, 0.1) is 0 Å². The molecular weight excluding hydrogens is 332 g/mol. The second-order valence-electron chi connectivity index (χ2n) is 10.5. The van der Waals surface area contributed by atoms with Crippen LogP contribution < -0.4 is 5.32 Å². The number of phenols is 1. The normalized spacial score (nSPS) is 45.4. The summed E-state index contributed by atoms with van der Waals surface area (Å²) in [5.74, 6) is 2.92. The molecule has 0 spiro atoms. The Kier molecular flexibility index (Phi) is 3.44. The summed E-state index contributed by atoms with van der Waals surface area (Å²) in [7, 11) is 2.17. The number of nitrogens with zero attached hydrogens (tertiary/aromatic N) is 1. The van der Waals surface area contributed by atoms with Gasteiger partial charge in [-0.3, -0.25) is 4.90 Å². The van der Waals surface area contributed by atoms with Crippen molar-refractivity contribution in [3.05, 3.63) is 29.3 Å². The van der Waals surface area contributed by atoms with E-state index in [4.69, 9.17) is 0 Å². The first-order chi connectivity index (χ1) is 13.1. The van der Waals surface area contributed by atoms with Gasteiger partial charge in [0, 0.05) is 24.0 Å². The Morgan fingerprint density at radius 2 is 2.07 bits per heavy atom. The average molecular weight is 367 g/mol. The van der Waals surface area contributed by atoms with Crippen LogP contribution in [0, 0.1) is 23.2 Å². The van der Waals surface area contributed by atoms with Crippen molar-refractivity contribution in [1.82, 2.24) is 10.2 Å². The maximum Gasteiger partial charge on any atom is 0.115 e. The fourth-order valence-electron chi connectivity index (χ4n) is 8.65. The zero-order valence-corrected chi connectivity index (χ0v) is 16.9. The van der Waals surface area contributed by atoms with Gasteiger partial charge in [-0.15, -0.1) is 0 Å². The van der Waals surface area contributed by atoms with Crippen molar-refractivity contribution >= 4 is 0 Å². The van der Waals surface area contributed by atoms with E-state index in [9.17, 15) is 5.11 Å². The first-order valence-corrected chi connectivity index (χ1v) is 11.3. The van der Waals surface area contributed by atoms with E-state index in [-0.39, 0.29) is 5.41 Å². The molecule has 4 aliphatic carbocycles. The minimum Gasteiger partial charge on any atom is -0.508 e. The first-order valence-electron chi connectivity index (χ1n) is 11.3. The van der Waals surface area contributed by atoms with E-state index in [1.165, 1.54) is 69.2 Å². The van der Waals surface area contributed by atoms with Gasteiger partial charge in [0.15, 0.2) is 0 Å². The van der Waals surface area contributed by atoms with Crippen LogP contribution in [0.25, 0.3) is 0 Å². The number of aromatic hydroxyl groups is 1. The Labute approximate surface area is 163 Å². The highest BCUT2D eigenvalue weighted by atomic mass is 16.3. The molecule has 1 aromatic carbocycles. The van der Waals surface area contributed by atoms with Crippen molar-refractivity contribution in [2.24, 2.45) is 23.2 Å². The fraction of sp³-hybridized carbons (Fsp3) is 0.750. The Morgan fingerprint density at radius 3 is 2.85 bits per heavy atom. The summed E-state index contributed by atoms with van der Waals surface area (Å²) in [5.41, 5.74) is 3.76. The number of likely N-dealkylation sites (tertiary alicyclic amines) is 1. The number of phenolic OH excluding ortho intramolecular Hbond substituents is 1. The van der Waals surface area contributed by atoms with Crippen molar-refractivity contribution in [2.45, 2.75) is 69.4 Å². The Balaban J connectivity index is 1.56. The highest BCUT2D eigenvalue weighted by Crippen LogP contribution is 2.73. The van der Waals surface area contributed by atoms with E-state index in [0.717, 1.165) is 11.8 Å². The smallest absolute Gasteiger partial charge is 0.115 e. The summed E-state index contributed by atoms with van der Waals surface area (Å²) < 4.78 is 0. The monoisotopic (exact) mass is 366 g/mol. The molecule has 1 heterocycles. The molecule has 3 saturated carbocycles. The summed E-state index contributed by atoms with van der Waals surface area (Å²) in [6.07, 6.45) is 9.47. The van der Waals surface area contributed by atoms with E-state index in [0.29, 0.717) is 29.2 Å². The van der Waals surface area contributed by atoms with E-state index in [1.54, 1.807) is 0 Å². The molecule has 1 aromatic rings. The standard InChI is InChI=1S/C24H34N2O/c1-15-13-23-8-7-20(25-2)22(15)24(23)9-10-26(14-16-3-4-16)21(23)11-17-5-6-18(27)12-19(17)24/h5-6,12,15-16,20-22,25,27H,3-4,7-11,13-14H2,1-2H3/t15-,20?,21?,22?,23?,24?/m0/s1. The molecular formula is C24H34N2O. The van der Waals surface area contributed by atoms with Crippen molar-refractivity contribution in [1.29, 1.82) is 0 Å². The number of hydrogen-bond acceptors (Lipinski definition) is 3. The lowest BCUT2D eigenvalue weighted by Crippen LogP contribution is -2.70. The van der Waals surface area contributed by atoms with Crippen molar-refractivity contribution < 1.29 is 5.11 Å². The molecule has 27 heavy (non-hydrogen) atoms. The molecule has 0 radical (unpaired) electrons. The molecule has 6 rings (SSSR count). The number of hydrogen-bond donors (Lipinski definition) is 2. The van der Waals surface area contributed by atoms with E-state index in [2.05, 4.69) is 36.3 Å². The third kappa shape index (κ3) is 2.00. The maximum atomic E-state index is 10.4. The molecule has 5 aliphatic rings. The molecule has 4 bridgehead atoms. The van der Waals surface area contributed by atoms with Crippen LogP contribution in [-0.4, -0.2) is 42.2 Å². The molecule has 0 amide bonds. The molecule has 0 aromatic heterocycles. The number of rotatable bonds is 3. The maximum absolute atomic E-state index is 10.4. The number of fused-ring (bicyclic) bond motifs is 1. The van der Waals surface area contributed by atoms with E-state index >= 15 is 0 Å². The predicted octanol–water partition coefficient (Wildman–Crippen LogP) is 3.69. The van der Waals surface area contributed by atoms with Gasteiger partial charge in [0.1, 0.15) is 5.75 Å². The van der Waals surface area contributed by atoms with Gasteiger partial charge in [-0.25, -0.2) is 0 Å². The second kappa shape index (κ2) is 5.51. The number of piperidine rings is 1. The van der Waals surface area contributed by atoms with Crippen LogP contribution in [0.4, 0.5) is 0 Å². The topological polar surface area (TPSA) is 35.5 Å². The minimum absolute atomic E-state index is 0.273. The van der Waals surface area contributed by atoms with E-state index in [1.807, 2.05) is 6.07 Å². The third-order valence-electron chi connectivity index (χ3n) is 9.51. The highest BCUT2D eigenvalue weighted by Gasteiger charge is 2.73. The fourth-order valence-corrected chi connectivity index (χ4v) is 8.65. The van der Waals surface area contributed by atoms with Gasteiger partial charge in [0.2, 0.25) is 0 Å². The third-order valence-corrected chi connectivity index (χ3v) is 9.51. The Bertz CT molecular complexity index is 774. The number of benzene rings is 1. The van der Waals surface area contributed by atoms with Crippen LogP contribution in [0.15, 0.2) is 18.2 Å². The lowest BCUT2D eigenvalue weighted by Gasteiger charge is -2.66. The van der Waals surface area contributed by atoms with Gasteiger partial charge < -0.3 is 10.4 Å². The van der Waals surface area contributed by atoms with Crippen LogP contribution in [-0.2, 0) is 11.8 Å². The average Bonchev–Trinajstić information content (AvgIpc) is 3.44. The van der Waals surface area contributed by atoms with Gasteiger partial charge in [-0.2, -0.15) is 0 Å². The summed E-state index contributed by atoms with van der Waals surface area (Å²) in [4.78, 5) is 2.92. The van der Waals surface area contributed by atoms with Crippen molar-refractivity contribution in [2.75, 3.05) is 20.1 Å². The molecule has 5 unspecified atom stereocenters. The zero-order chi connectivity index (χ0) is 18.4. The molecule has 1 aliphatic heterocycles. The zero-order valence-electron chi connectivity index (χ0n) is 16.9. The predicted molar refractivity (Wildman–Crippen MR) is 108 cm³/mol. The largest absolute Gasteiger partial charge is 0.508 e. The van der Waals surface area contributed by atoms with Crippen LogP contribution in [0.5, 0.6) is 5.75 Å². The Hall–Kier alpha value is -1.06. The van der Waals surface area contributed by atoms with Gasteiger partial charge >= 0.3 is 0 Å². The summed E-state index contributed by atoms with van der Waals surface area (Å²) >= 11 is 0. The molecule has 3 heteroatoms. The number of nitrogens with one attached hydrogen (secondary N) is 1. The van der Waals surface area contributed by atoms with Gasteiger partial charge in [-0.05, 0) is 105 Å². The lowest BCUT2D eigenvalue weighted by molar-refractivity contribution is -0.0955. The van der Waals surface area contributed by atoms with E-state index < -0.39 is 0 Å². The lowest BCUT2D eigenvalue weighted by atomic mass is 9.43. The minimum atomic E-state index is 0.273. The highest BCUT2D eigenvalue weighted by molar-refractivity contribution is 5.50. The summed E-state index contributed by atoms with van der Waals surface area (Å²) in [6, 6.07) is 7.69. The van der Waals surface area contributed by atoms with Gasteiger partial charge in [-0.1, -0.05) is 13.0 Å². The van der Waals surface area contributed by atoms with Crippen LogP contribution in [0.1, 0.15) is 56.6 Å². The molecule has 3 nitrogen and oxygen atoms in total. The quantitative estimate of drug-likeness (QED) is 0.856. The molecule has 4 fully saturated rings. The molecule has 146 valence electrons. The van der Waals surface area contributed by atoms with Crippen LogP contribution >= 0.6 is 0 Å². The summed E-state index contributed by atoms with van der Waals surface area (Å²) in [5, 5.41) is 14.1. The van der Waals surface area contributed by atoms with Gasteiger partial charge in [0.25, 0.3) is 0 Å². The van der Waals surface area contributed by atoms with Crippen LogP contribution in [0.3, 0.4) is 0 Å². The van der Waals surface area contributed by atoms with Crippen molar-refractivity contribution in [3.8, 4) is 5.75 Å². The molecule has 1 saturated heterocycles. The Morgan fingerprint density at radius 1 is 1.22 bits per heavy atom. The van der Waals surface area contributed by atoms with Crippen LogP contribution in [0.2, 0.25) is 0 Å². The SMILES string of the molecule is CNC1CCC23C[C@H](C)C1C21CCN(CC2CC2)C3Cc2ccc(O)cc21. The molecule has 2 N–H and O–H groups in total. The first kappa shape index (κ1) is 16.9. The van der Waals surface area contributed by atoms with Crippen molar-refractivity contribution in [3.63, 3.8) is 0 Å². The summed E-state index contributed by atoms with van der Waals surface area (Å²) in [6.45, 7) is 5.13. The molecule has 6 atom stereocenters.